The minimum atomic E-state index is -0.723. The number of ether oxygens (including phenoxy) is 1. The molecule has 1 unspecified atom stereocenters. The number of para-hydroxylation sites is 1. The summed E-state index contributed by atoms with van der Waals surface area (Å²) in [5.74, 6) is -1.11. The molecule has 0 aliphatic rings. The highest BCUT2D eigenvalue weighted by Gasteiger charge is 2.17. The Labute approximate surface area is 165 Å². The molecule has 2 rings (SSSR count). The smallest absolute Gasteiger partial charge is 0.306 e. The molecule has 0 saturated heterocycles. The molecule has 6 heteroatoms. The van der Waals surface area contributed by atoms with E-state index in [1.807, 2.05) is 54.6 Å². The van der Waals surface area contributed by atoms with Gasteiger partial charge in [-0.15, -0.1) is 0 Å². The summed E-state index contributed by atoms with van der Waals surface area (Å²) in [6, 6.07) is 16.8. The van der Waals surface area contributed by atoms with Crippen LogP contribution in [0.5, 0.6) is 0 Å². The van der Waals surface area contributed by atoms with E-state index in [0.717, 1.165) is 11.1 Å². The lowest BCUT2D eigenvalue weighted by Gasteiger charge is -2.16. The van der Waals surface area contributed by atoms with Gasteiger partial charge in [0.15, 0.2) is 0 Å². The van der Waals surface area contributed by atoms with Gasteiger partial charge in [0, 0.05) is 12.1 Å². The Morgan fingerprint density at radius 1 is 0.964 bits per heavy atom. The second kappa shape index (κ2) is 10.9. The van der Waals surface area contributed by atoms with E-state index in [4.69, 9.17) is 4.74 Å². The van der Waals surface area contributed by atoms with Gasteiger partial charge in [-0.3, -0.25) is 14.4 Å². The highest BCUT2D eigenvalue weighted by molar-refractivity contribution is 5.97. The first-order chi connectivity index (χ1) is 13.5. The zero-order valence-corrected chi connectivity index (χ0v) is 16.2. The van der Waals surface area contributed by atoms with Crippen molar-refractivity contribution in [1.82, 2.24) is 5.32 Å². The summed E-state index contributed by atoms with van der Waals surface area (Å²) < 4.78 is 4.79. The molecule has 1 atom stereocenters. The molecular weight excluding hydrogens is 356 g/mol. The Kier molecular flexibility index (Phi) is 8.21. The van der Waals surface area contributed by atoms with Gasteiger partial charge in [0.2, 0.25) is 11.8 Å². The number of rotatable bonds is 9. The number of carbonyl (C=O) groups is 3. The molecule has 0 heterocycles. The SMILES string of the molecule is CCOC(=O)CCC(=O)NC(C)C(=O)Nc1ccccc1Cc1ccccc1. The second-order valence-electron chi connectivity index (χ2n) is 6.40. The summed E-state index contributed by atoms with van der Waals surface area (Å²) in [5.41, 5.74) is 2.84. The fourth-order valence-corrected chi connectivity index (χ4v) is 2.68. The Balaban J connectivity index is 1.91. The van der Waals surface area contributed by atoms with Crippen LogP contribution in [0.25, 0.3) is 0 Å². The summed E-state index contributed by atoms with van der Waals surface area (Å²) in [7, 11) is 0. The molecule has 148 valence electrons. The molecule has 0 aromatic heterocycles. The van der Waals surface area contributed by atoms with Crippen LogP contribution in [-0.4, -0.2) is 30.4 Å². The third-order valence-electron chi connectivity index (χ3n) is 4.14. The molecule has 2 aromatic carbocycles. The normalized spacial score (nSPS) is 11.4. The van der Waals surface area contributed by atoms with Crippen LogP contribution < -0.4 is 10.6 Å². The van der Waals surface area contributed by atoms with E-state index in [9.17, 15) is 14.4 Å². The van der Waals surface area contributed by atoms with Gasteiger partial charge < -0.3 is 15.4 Å². The standard InChI is InChI=1S/C22H26N2O4/c1-3-28-21(26)14-13-20(25)23-16(2)22(27)24-19-12-8-7-11-18(19)15-17-9-5-4-6-10-17/h4-12,16H,3,13-15H2,1-2H3,(H,23,25)(H,24,27). The maximum atomic E-state index is 12.5. The summed E-state index contributed by atoms with van der Waals surface area (Å²) in [5, 5.41) is 5.48. The lowest BCUT2D eigenvalue weighted by atomic mass is 10.0. The van der Waals surface area contributed by atoms with Crippen molar-refractivity contribution >= 4 is 23.5 Å². The second-order valence-corrected chi connectivity index (χ2v) is 6.40. The first-order valence-corrected chi connectivity index (χ1v) is 9.37. The number of hydrogen-bond acceptors (Lipinski definition) is 4. The number of nitrogens with one attached hydrogen (secondary N) is 2. The first kappa shape index (κ1) is 21.2. The number of esters is 1. The van der Waals surface area contributed by atoms with Crippen molar-refractivity contribution in [2.45, 2.75) is 39.2 Å². The van der Waals surface area contributed by atoms with E-state index < -0.39 is 12.0 Å². The van der Waals surface area contributed by atoms with Crippen molar-refractivity contribution in [3.8, 4) is 0 Å². The summed E-state index contributed by atoms with van der Waals surface area (Å²) >= 11 is 0. The Hall–Kier alpha value is -3.15. The van der Waals surface area contributed by atoms with Crippen LogP contribution >= 0.6 is 0 Å². The van der Waals surface area contributed by atoms with Crippen LogP contribution in [0.15, 0.2) is 54.6 Å². The molecule has 0 saturated carbocycles. The number of carbonyl (C=O) groups excluding carboxylic acids is 3. The average molecular weight is 382 g/mol. The van der Waals surface area contributed by atoms with Crippen LogP contribution in [0, 0.1) is 0 Å². The molecule has 0 bridgehead atoms. The molecule has 2 aromatic rings. The first-order valence-electron chi connectivity index (χ1n) is 9.37. The molecule has 0 radical (unpaired) electrons. The van der Waals surface area contributed by atoms with Crippen molar-refractivity contribution in [2.75, 3.05) is 11.9 Å². The topological polar surface area (TPSA) is 84.5 Å². The maximum absolute atomic E-state index is 12.5. The van der Waals surface area contributed by atoms with Gasteiger partial charge in [0.1, 0.15) is 6.04 Å². The van der Waals surface area contributed by atoms with Crippen molar-refractivity contribution < 1.29 is 19.1 Å². The predicted octanol–water partition coefficient (Wildman–Crippen LogP) is 3.06. The van der Waals surface area contributed by atoms with Crippen LogP contribution in [0.1, 0.15) is 37.8 Å². The van der Waals surface area contributed by atoms with Crippen LogP contribution in [0.4, 0.5) is 5.69 Å². The fraction of sp³-hybridized carbons (Fsp3) is 0.318. The summed E-state index contributed by atoms with van der Waals surface area (Å²) in [4.78, 5) is 35.7. The van der Waals surface area contributed by atoms with Gasteiger partial charge in [0.05, 0.1) is 13.0 Å². The third-order valence-corrected chi connectivity index (χ3v) is 4.14. The highest BCUT2D eigenvalue weighted by atomic mass is 16.5. The lowest BCUT2D eigenvalue weighted by Crippen LogP contribution is -2.41. The molecular formula is C22H26N2O4. The fourth-order valence-electron chi connectivity index (χ4n) is 2.68. The van der Waals surface area contributed by atoms with Crippen molar-refractivity contribution in [3.05, 3.63) is 65.7 Å². The van der Waals surface area contributed by atoms with Gasteiger partial charge in [-0.25, -0.2) is 0 Å². The predicted molar refractivity (Wildman–Crippen MR) is 108 cm³/mol. The summed E-state index contributed by atoms with van der Waals surface area (Å²) in [6.07, 6.45) is 0.673. The van der Waals surface area contributed by atoms with Gasteiger partial charge in [-0.2, -0.15) is 0 Å². The van der Waals surface area contributed by atoms with Gasteiger partial charge in [-0.05, 0) is 37.5 Å². The summed E-state index contributed by atoms with van der Waals surface area (Å²) in [6.45, 7) is 3.60. The van der Waals surface area contributed by atoms with Crippen molar-refractivity contribution in [1.29, 1.82) is 0 Å². The van der Waals surface area contributed by atoms with Gasteiger partial charge >= 0.3 is 5.97 Å². The minimum Gasteiger partial charge on any atom is -0.466 e. The monoisotopic (exact) mass is 382 g/mol. The van der Waals surface area contributed by atoms with Crippen LogP contribution in [0.2, 0.25) is 0 Å². The quantitative estimate of drug-likeness (QED) is 0.653. The zero-order chi connectivity index (χ0) is 20.4. The third kappa shape index (κ3) is 6.87. The average Bonchev–Trinajstić information content (AvgIpc) is 2.69. The van der Waals surface area contributed by atoms with Gasteiger partial charge in [0.25, 0.3) is 0 Å². The van der Waals surface area contributed by atoms with E-state index in [-0.39, 0.29) is 31.3 Å². The minimum absolute atomic E-state index is 0.00603. The number of hydrogen-bond donors (Lipinski definition) is 2. The Bertz CT molecular complexity index is 805. The van der Waals surface area contributed by atoms with Crippen molar-refractivity contribution in [2.24, 2.45) is 0 Å². The van der Waals surface area contributed by atoms with E-state index >= 15 is 0 Å². The molecule has 0 spiro atoms. The van der Waals surface area contributed by atoms with Crippen LogP contribution in [0.3, 0.4) is 0 Å². The maximum Gasteiger partial charge on any atom is 0.306 e. The molecule has 0 aliphatic heterocycles. The zero-order valence-electron chi connectivity index (χ0n) is 16.2. The van der Waals surface area contributed by atoms with E-state index in [2.05, 4.69) is 10.6 Å². The molecule has 0 aliphatic carbocycles. The van der Waals surface area contributed by atoms with Gasteiger partial charge in [-0.1, -0.05) is 48.5 Å². The number of benzene rings is 2. The number of anilines is 1. The van der Waals surface area contributed by atoms with E-state index in [1.54, 1.807) is 13.8 Å². The Morgan fingerprint density at radius 2 is 1.64 bits per heavy atom. The van der Waals surface area contributed by atoms with E-state index in [1.165, 1.54) is 0 Å². The lowest BCUT2D eigenvalue weighted by molar-refractivity contribution is -0.144. The largest absolute Gasteiger partial charge is 0.466 e. The number of amides is 2. The Morgan fingerprint density at radius 3 is 2.36 bits per heavy atom. The molecule has 6 nitrogen and oxygen atoms in total. The molecule has 0 fully saturated rings. The van der Waals surface area contributed by atoms with Crippen molar-refractivity contribution in [3.63, 3.8) is 0 Å². The molecule has 2 amide bonds. The highest BCUT2D eigenvalue weighted by Crippen LogP contribution is 2.19. The molecule has 28 heavy (non-hydrogen) atoms. The van der Waals surface area contributed by atoms with Crippen LogP contribution in [-0.2, 0) is 25.5 Å². The van der Waals surface area contributed by atoms with E-state index in [0.29, 0.717) is 12.1 Å². The molecule has 2 N–H and O–H groups in total.